The van der Waals surface area contributed by atoms with Crippen molar-refractivity contribution in [2.24, 2.45) is 0 Å². The number of ether oxygens (including phenoxy) is 3. The normalized spacial score (nSPS) is 22.1. The van der Waals surface area contributed by atoms with Crippen LogP contribution in [0.3, 0.4) is 0 Å². The second kappa shape index (κ2) is 4.72. The second-order valence-corrected chi connectivity index (χ2v) is 4.35. The van der Waals surface area contributed by atoms with Gasteiger partial charge in [-0.1, -0.05) is 23.2 Å². The summed E-state index contributed by atoms with van der Waals surface area (Å²) in [7, 11) is 2.80. The van der Waals surface area contributed by atoms with Crippen molar-refractivity contribution in [2.45, 2.75) is 12.2 Å². The molecule has 1 heterocycles. The van der Waals surface area contributed by atoms with Crippen LogP contribution in [0.15, 0.2) is 12.1 Å². The fourth-order valence-electron chi connectivity index (χ4n) is 1.65. The largest absolute Gasteiger partial charge is 0.495 e. The maximum absolute atomic E-state index is 11.3. The topological polar surface area (TPSA) is 48.1 Å². The Balaban J connectivity index is 2.31. The van der Waals surface area contributed by atoms with Crippen LogP contribution in [0, 0.1) is 0 Å². The second-order valence-electron chi connectivity index (χ2n) is 3.51. The minimum Gasteiger partial charge on any atom is -0.495 e. The number of hydrogen-bond donors (Lipinski definition) is 0. The van der Waals surface area contributed by atoms with Crippen molar-refractivity contribution in [3.63, 3.8) is 0 Å². The number of esters is 1. The first-order valence-corrected chi connectivity index (χ1v) is 5.60. The van der Waals surface area contributed by atoms with Crippen LogP contribution in [0.1, 0.15) is 11.7 Å². The maximum Gasteiger partial charge on any atom is 0.338 e. The molecule has 1 aromatic carbocycles. The summed E-state index contributed by atoms with van der Waals surface area (Å²) in [5, 5.41) is 0.846. The summed E-state index contributed by atoms with van der Waals surface area (Å²) in [4.78, 5) is 11.3. The highest BCUT2D eigenvalue weighted by molar-refractivity contribution is 6.35. The van der Waals surface area contributed by atoms with Gasteiger partial charge < -0.3 is 14.2 Å². The van der Waals surface area contributed by atoms with Gasteiger partial charge in [0.1, 0.15) is 11.9 Å². The number of rotatable bonds is 3. The van der Waals surface area contributed by atoms with E-state index in [0.29, 0.717) is 21.4 Å². The molecule has 0 N–H and O–H groups in total. The molecule has 92 valence electrons. The number of carbonyl (C=O) groups is 1. The Morgan fingerprint density at radius 2 is 2.06 bits per heavy atom. The third-order valence-corrected chi connectivity index (χ3v) is 2.97. The fraction of sp³-hybridized carbons (Fsp3) is 0.364. The molecule has 0 radical (unpaired) electrons. The highest BCUT2D eigenvalue weighted by Crippen LogP contribution is 2.46. The predicted molar refractivity (Wildman–Crippen MR) is 62.6 cm³/mol. The van der Waals surface area contributed by atoms with E-state index in [1.807, 2.05) is 0 Å². The van der Waals surface area contributed by atoms with Gasteiger partial charge in [-0.25, -0.2) is 4.79 Å². The Kier molecular flexibility index (Phi) is 3.47. The molecule has 0 bridgehead atoms. The van der Waals surface area contributed by atoms with E-state index in [1.165, 1.54) is 14.2 Å². The zero-order chi connectivity index (χ0) is 12.6. The molecule has 17 heavy (non-hydrogen) atoms. The first-order chi connectivity index (χ1) is 8.08. The lowest BCUT2D eigenvalue weighted by atomic mass is 10.1. The Bertz CT molecular complexity index is 461. The highest BCUT2D eigenvalue weighted by Gasteiger charge is 2.49. The molecule has 0 unspecified atom stereocenters. The Hall–Kier alpha value is -0.970. The van der Waals surface area contributed by atoms with Crippen LogP contribution in [-0.4, -0.2) is 26.3 Å². The number of methoxy groups -OCH3 is 2. The molecular weight excluding hydrogens is 267 g/mol. The minimum absolute atomic E-state index is 0.383. The van der Waals surface area contributed by atoms with Crippen molar-refractivity contribution in [1.29, 1.82) is 0 Å². The Morgan fingerprint density at radius 3 is 2.65 bits per heavy atom. The fourth-order valence-corrected chi connectivity index (χ4v) is 2.24. The van der Waals surface area contributed by atoms with Crippen molar-refractivity contribution in [1.82, 2.24) is 0 Å². The molecule has 0 aliphatic carbocycles. The summed E-state index contributed by atoms with van der Waals surface area (Å²) in [6.45, 7) is 0. The first kappa shape index (κ1) is 12.5. The number of halogens is 2. The molecular formula is C11H10Cl2O4. The molecule has 0 saturated carbocycles. The van der Waals surface area contributed by atoms with Crippen molar-refractivity contribution in [2.75, 3.05) is 14.2 Å². The van der Waals surface area contributed by atoms with Crippen LogP contribution in [0.4, 0.5) is 0 Å². The molecule has 2 rings (SSSR count). The number of carbonyl (C=O) groups excluding carboxylic acids is 1. The number of benzene rings is 1. The molecule has 1 aliphatic rings. The van der Waals surface area contributed by atoms with Crippen LogP contribution in [0.5, 0.6) is 5.75 Å². The smallest absolute Gasteiger partial charge is 0.338 e. The summed E-state index contributed by atoms with van der Waals surface area (Å²) in [5.41, 5.74) is 0.653. The van der Waals surface area contributed by atoms with Gasteiger partial charge in [0.25, 0.3) is 0 Å². The highest BCUT2D eigenvalue weighted by atomic mass is 35.5. The molecule has 0 aromatic heterocycles. The zero-order valence-corrected chi connectivity index (χ0v) is 10.7. The lowest BCUT2D eigenvalue weighted by molar-refractivity contribution is -0.142. The summed E-state index contributed by atoms with van der Waals surface area (Å²) in [6, 6.07) is 3.24. The lowest BCUT2D eigenvalue weighted by Gasteiger charge is -2.08. The van der Waals surface area contributed by atoms with Gasteiger partial charge in [0.15, 0.2) is 6.10 Å². The molecule has 1 saturated heterocycles. The summed E-state index contributed by atoms with van der Waals surface area (Å²) >= 11 is 11.9. The third-order valence-electron chi connectivity index (χ3n) is 2.47. The van der Waals surface area contributed by atoms with E-state index in [4.69, 9.17) is 32.7 Å². The van der Waals surface area contributed by atoms with E-state index >= 15 is 0 Å². The number of hydrogen-bond acceptors (Lipinski definition) is 4. The molecule has 6 heteroatoms. The van der Waals surface area contributed by atoms with Crippen LogP contribution >= 0.6 is 23.2 Å². The van der Waals surface area contributed by atoms with Gasteiger partial charge in [-0.2, -0.15) is 0 Å². The summed E-state index contributed by atoms with van der Waals surface area (Å²) in [5.74, 6) is 0.0422. The molecule has 1 aliphatic heterocycles. The average molecular weight is 277 g/mol. The van der Waals surface area contributed by atoms with Gasteiger partial charge in [0.2, 0.25) is 0 Å². The van der Waals surface area contributed by atoms with Crippen LogP contribution in [0.2, 0.25) is 10.0 Å². The SMILES string of the molecule is COC(=O)[C@@H]1O[C@H]1c1cc(Cl)cc(Cl)c1OC. The van der Waals surface area contributed by atoms with Crippen molar-refractivity contribution < 1.29 is 19.0 Å². The van der Waals surface area contributed by atoms with E-state index in [0.717, 1.165) is 0 Å². The molecule has 2 atom stereocenters. The van der Waals surface area contributed by atoms with E-state index in [-0.39, 0.29) is 0 Å². The van der Waals surface area contributed by atoms with Gasteiger partial charge in [-0.3, -0.25) is 0 Å². The molecule has 0 spiro atoms. The van der Waals surface area contributed by atoms with Gasteiger partial charge in [-0.15, -0.1) is 0 Å². The van der Waals surface area contributed by atoms with E-state index in [1.54, 1.807) is 12.1 Å². The van der Waals surface area contributed by atoms with E-state index in [9.17, 15) is 4.79 Å². The molecule has 4 nitrogen and oxygen atoms in total. The van der Waals surface area contributed by atoms with Crippen LogP contribution < -0.4 is 4.74 Å². The van der Waals surface area contributed by atoms with Gasteiger partial charge >= 0.3 is 5.97 Å². The first-order valence-electron chi connectivity index (χ1n) is 4.84. The quantitative estimate of drug-likeness (QED) is 0.629. The minimum atomic E-state index is -0.608. The van der Waals surface area contributed by atoms with Crippen LogP contribution in [0.25, 0.3) is 0 Å². The predicted octanol–water partition coefficient (Wildman–Crippen LogP) is 2.61. The van der Waals surface area contributed by atoms with Crippen LogP contribution in [-0.2, 0) is 14.3 Å². The maximum atomic E-state index is 11.3. The summed E-state index contributed by atoms with van der Waals surface area (Å²) < 4.78 is 15.0. The molecule has 0 amide bonds. The van der Waals surface area contributed by atoms with Crippen molar-refractivity contribution in [3.8, 4) is 5.75 Å². The van der Waals surface area contributed by atoms with Crippen molar-refractivity contribution >= 4 is 29.2 Å². The van der Waals surface area contributed by atoms with Gasteiger partial charge in [-0.05, 0) is 12.1 Å². The molecule has 1 aromatic rings. The van der Waals surface area contributed by atoms with Gasteiger partial charge in [0, 0.05) is 10.6 Å². The monoisotopic (exact) mass is 276 g/mol. The van der Waals surface area contributed by atoms with E-state index < -0.39 is 18.2 Å². The molecule has 1 fully saturated rings. The zero-order valence-electron chi connectivity index (χ0n) is 9.20. The number of epoxide rings is 1. The Labute approximate surface area is 108 Å². The third kappa shape index (κ3) is 2.34. The standard InChI is InChI=1S/C11H10Cl2O4/c1-15-8-6(3-5(12)4-7(8)13)9-10(17-9)11(14)16-2/h3-4,9-10H,1-2H3/t9-,10+/m0/s1. The lowest BCUT2D eigenvalue weighted by Crippen LogP contribution is -2.09. The van der Waals surface area contributed by atoms with Gasteiger partial charge in [0.05, 0.1) is 19.2 Å². The average Bonchev–Trinajstić information content (AvgIpc) is 3.07. The Morgan fingerprint density at radius 1 is 1.35 bits per heavy atom. The van der Waals surface area contributed by atoms with E-state index in [2.05, 4.69) is 4.74 Å². The van der Waals surface area contributed by atoms with Crippen molar-refractivity contribution in [3.05, 3.63) is 27.7 Å². The summed E-state index contributed by atoms with van der Waals surface area (Å²) in [6.07, 6.45) is -1.02.